The molecule has 5 rings (SSSR count). The molecule has 0 spiro atoms. The summed E-state index contributed by atoms with van der Waals surface area (Å²) in [5.41, 5.74) is -0.810. The molecular weight excluding hydrogens is 566 g/mol. The number of aryl methyl sites for hydroxylation is 1. The van der Waals surface area contributed by atoms with Gasteiger partial charge in [-0.3, -0.25) is 14.5 Å². The molecule has 220 valence electrons. The number of fused-ring (bicyclic) bond motifs is 1. The molecule has 14 heteroatoms. The van der Waals surface area contributed by atoms with Crippen LogP contribution >= 0.6 is 0 Å². The van der Waals surface area contributed by atoms with Gasteiger partial charge in [0.1, 0.15) is 35.4 Å². The third-order valence-corrected chi connectivity index (χ3v) is 7.73. The molecule has 0 saturated carbocycles. The largest absolute Gasteiger partial charge is 0.349 e. The number of nitrogens with zero attached hydrogens (tertiary/aromatic N) is 9. The van der Waals surface area contributed by atoms with E-state index in [9.17, 15) is 28.5 Å². The molecule has 3 atom stereocenters. The fourth-order valence-corrected chi connectivity index (χ4v) is 5.29. The number of rotatable bonds is 5. The van der Waals surface area contributed by atoms with Crippen LogP contribution in [-0.2, 0) is 11.8 Å². The lowest BCUT2D eigenvalue weighted by atomic mass is 9.89. The van der Waals surface area contributed by atoms with E-state index in [0.717, 1.165) is 13.1 Å². The summed E-state index contributed by atoms with van der Waals surface area (Å²) in [6, 6.07) is 7.97. The molecule has 1 aliphatic rings. The molecule has 43 heavy (non-hydrogen) atoms. The fourth-order valence-electron chi connectivity index (χ4n) is 5.29. The SMILES string of the molecule is C[C@@H]1CN(c2ncnc3c(-c4cc(C#N)n(C)n4)ccc(-c4ncc(F)cc4F)c23)[C@@H](C)CN1C(=O)[C@@](C)(C#N)C(F)F. The Kier molecular flexibility index (Phi) is 7.48. The number of piperazine rings is 1. The van der Waals surface area contributed by atoms with Crippen molar-refractivity contribution in [2.45, 2.75) is 39.3 Å². The third kappa shape index (κ3) is 4.88. The van der Waals surface area contributed by atoms with Crippen LogP contribution in [0, 0.1) is 39.7 Å². The van der Waals surface area contributed by atoms with Crippen LogP contribution in [0.2, 0.25) is 0 Å². The highest BCUT2D eigenvalue weighted by Gasteiger charge is 2.48. The van der Waals surface area contributed by atoms with Gasteiger partial charge in [0.2, 0.25) is 5.91 Å². The number of alkyl halides is 2. The summed E-state index contributed by atoms with van der Waals surface area (Å²) in [5, 5.41) is 23.6. The first kappa shape index (κ1) is 29.4. The Hall–Kier alpha value is -5.11. The van der Waals surface area contributed by atoms with E-state index < -0.39 is 41.5 Å². The van der Waals surface area contributed by atoms with Crippen molar-refractivity contribution in [3.8, 4) is 34.7 Å². The molecule has 1 aliphatic heterocycles. The number of benzene rings is 1. The van der Waals surface area contributed by atoms with E-state index in [1.807, 2.05) is 4.90 Å². The molecule has 4 aromatic rings. The van der Waals surface area contributed by atoms with E-state index in [1.165, 1.54) is 22.0 Å². The summed E-state index contributed by atoms with van der Waals surface area (Å²) in [6.45, 7) is 4.50. The maximum Gasteiger partial charge on any atom is 0.265 e. The van der Waals surface area contributed by atoms with Gasteiger partial charge in [-0.2, -0.15) is 15.6 Å². The van der Waals surface area contributed by atoms with E-state index in [-0.39, 0.29) is 24.3 Å². The molecule has 0 bridgehead atoms. The molecule has 4 heterocycles. The molecular formula is C29H25F4N9O. The van der Waals surface area contributed by atoms with Gasteiger partial charge in [0, 0.05) is 55.5 Å². The van der Waals surface area contributed by atoms with E-state index in [0.29, 0.717) is 39.7 Å². The highest BCUT2D eigenvalue weighted by Crippen LogP contribution is 2.40. The molecule has 1 amide bonds. The highest BCUT2D eigenvalue weighted by molar-refractivity contribution is 6.07. The highest BCUT2D eigenvalue weighted by atomic mass is 19.3. The zero-order chi connectivity index (χ0) is 31.2. The Morgan fingerprint density at radius 1 is 1.07 bits per heavy atom. The van der Waals surface area contributed by atoms with E-state index in [2.05, 4.69) is 26.1 Å². The number of anilines is 1. The van der Waals surface area contributed by atoms with Crippen molar-refractivity contribution in [2.24, 2.45) is 12.5 Å². The zero-order valence-electron chi connectivity index (χ0n) is 23.6. The summed E-state index contributed by atoms with van der Waals surface area (Å²) in [4.78, 5) is 29.2. The molecule has 0 N–H and O–H groups in total. The van der Waals surface area contributed by atoms with Crippen molar-refractivity contribution in [1.29, 1.82) is 10.5 Å². The van der Waals surface area contributed by atoms with Crippen LogP contribution in [0.5, 0.6) is 0 Å². The van der Waals surface area contributed by atoms with Crippen LogP contribution in [0.1, 0.15) is 26.5 Å². The van der Waals surface area contributed by atoms with Gasteiger partial charge < -0.3 is 9.80 Å². The number of amides is 1. The van der Waals surface area contributed by atoms with Crippen molar-refractivity contribution >= 4 is 22.6 Å². The second-order valence-corrected chi connectivity index (χ2v) is 10.6. The average Bonchev–Trinajstić information content (AvgIpc) is 3.36. The number of hydrogen-bond donors (Lipinski definition) is 0. The second-order valence-electron chi connectivity index (χ2n) is 10.6. The number of pyridine rings is 1. The number of aromatic nitrogens is 5. The Bertz CT molecular complexity index is 1830. The third-order valence-electron chi connectivity index (χ3n) is 7.73. The maximum absolute atomic E-state index is 15.1. The van der Waals surface area contributed by atoms with Gasteiger partial charge in [-0.25, -0.2) is 27.5 Å². The van der Waals surface area contributed by atoms with Crippen molar-refractivity contribution in [3.05, 3.63) is 54.1 Å². The summed E-state index contributed by atoms with van der Waals surface area (Å²) in [6.07, 6.45) is -0.973. The summed E-state index contributed by atoms with van der Waals surface area (Å²) < 4.78 is 57.8. The molecule has 3 aromatic heterocycles. The standard InChI is InChI=1S/C29H25F4N9O/c1-15-12-42(28(43)29(3,13-35)27(32)33)16(2)11-41(15)26-23-20(24-21(31)7-17(30)10-36-24)6-5-19(25(23)37-14-38-26)22-8-18(9-34)40(4)39-22/h5-8,10,14-16,27H,11-12H2,1-4H3/t15-,16+,29-/m0/s1. The lowest BCUT2D eigenvalue weighted by Gasteiger charge is -2.46. The summed E-state index contributed by atoms with van der Waals surface area (Å²) in [5.74, 6) is -2.40. The first-order chi connectivity index (χ1) is 20.4. The van der Waals surface area contributed by atoms with Crippen molar-refractivity contribution < 1.29 is 22.4 Å². The fraction of sp³-hybridized carbons (Fsp3) is 0.345. The predicted octanol–water partition coefficient (Wildman–Crippen LogP) is 4.46. The minimum absolute atomic E-state index is 0.000556. The van der Waals surface area contributed by atoms with Crippen LogP contribution < -0.4 is 4.90 Å². The lowest BCUT2D eigenvalue weighted by Crippen LogP contribution is -2.61. The zero-order valence-corrected chi connectivity index (χ0v) is 23.6. The second kappa shape index (κ2) is 10.9. The van der Waals surface area contributed by atoms with Crippen molar-refractivity contribution in [2.75, 3.05) is 18.0 Å². The van der Waals surface area contributed by atoms with Crippen molar-refractivity contribution in [3.63, 3.8) is 0 Å². The molecule has 1 fully saturated rings. The number of nitriles is 2. The van der Waals surface area contributed by atoms with E-state index in [4.69, 9.17) is 0 Å². The number of carbonyl (C=O) groups is 1. The first-order valence-corrected chi connectivity index (χ1v) is 13.2. The number of hydrogen-bond acceptors (Lipinski definition) is 8. The van der Waals surface area contributed by atoms with Gasteiger partial charge >= 0.3 is 0 Å². The van der Waals surface area contributed by atoms with Gasteiger partial charge in [0.15, 0.2) is 11.2 Å². The quantitative estimate of drug-likeness (QED) is 0.311. The minimum Gasteiger partial charge on any atom is -0.349 e. The van der Waals surface area contributed by atoms with Crippen LogP contribution in [0.4, 0.5) is 23.4 Å². The number of halogens is 4. The minimum atomic E-state index is -3.18. The summed E-state index contributed by atoms with van der Waals surface area (Å²) >= 11 is 0. The average molecular weight is 592 g/mol. The van der Waals surface area contributed by atoms with Gasteiger partial charge in [0.05, 0.1) is 28.9 Å². The Labute approximate surface area is 243 Å². The Balaban J connectivity index is 1.68. The molecule has 0 unspecified atom stereocenters. The predicted molar refractivity (Wildman–Crippen MR) is 147 cm³/mol. The summed E-state index contributed by atoms with van der Waals surface area (Å²) in [7, 11) is 1.62. The van der Waals surface area contributed by atoms with E-state index >= 15 is 4.39 Å². The molecule has 0 aliphatic carbocycles. The Morgan fingerprint density at radius 3 is 2.42 bits per heavy atom. The normalized spacial score (nSPS) is 18.4. The van der Waals surface area contributed by atoms with E-state index in [1.54, 1.807) is 39.1 Å². The smallest absolute Gasteiger partial charge is 0.265 e. The van der Waals surface area contributed by atoms with Gasteiger partial charge in [0.25, 0.3) is 6.43 Å². The molecule has 10 nitrogen and oxygen atoms in total. The van der Waals surface area contributed by atoms with Crippen LogP contribution in [0.25, 0.3) is 33.4 Å². The van der Waals surface area contributed by atoms with Gasteiger partial charge in [-0.05, 0) is 26.8 Å². The lowest BCUT2D eigenvalue weighted by molar-refractivity contribution is -0.148. The topological polar surface area (TPSA) is 128 Å². The van der Waals surface area contributed by atoms with Crippen molar-refractivity contribution in [1.82, 2.24) is 29.6 Å². The Morgan fingerprint density at radius 2 is 1.79 bits per heavy atom. The van der Waals surface area contributed by atoms with Crippen LogP contribution in [-0.4, -0.2) is 67.1 Å². The monoisotopic (exact) mass is 591 g/mol. The molecule has 0 radical (unpaired) electrons. The van der Waals surface area contributed by atoms with Gasteiger partial charge in [-0.1, -0.05) is 6.07 Å². The molecule has 1 saturated heterocycles. The number of carbonyl (C=O) groups excluding carboxylic acids is 1. The van der Waals surface area contributed by atoms with Crippen LogP contribution in [0.15, 0.2) is 36.8 Å². The van der Waals surface area contributed by atoms with Crippen LogP contribution in [0.3, 0.4) is 0 Å². The van der Waals surface area contributed by atoms with Gasteiger partial charge in [-0.15, -0.1) is 0 Å². The first-order valence-electron chi connectivity index (χ1n) is 13.2. The molecule has 1 aromatic carbocycles. The maximum atomic E-state index is 15.1.